The molecule has 0 fully saturated rings. The molecule has 0 aliphatic heterocycles. The number of imidazole rings is 1. The van der Waals surface area contributed by atoms with Gasteiger partial charge in [0.2, 0.25) is 0 Å². The Morgan fingerprint density at radius 1 is 1.26 bits per heavy atom. The van der Waals surface area contributed by atoms with Gasteiger partial charge in [-0.1, -0.05) is 17.8 Å². The summed E-state index contributed by atoms with van der Waals surface area (Å²) in [4.78, 5) is 16.5. The van der Waals surface area contributed by atoms with E-state index in [2.05, 4.69) is 35.9 Å². The lowest BCUT2D eigenvalue weighted by Crippen LogP contribution is -1.88. The third-order valence-electron chi connectivity index (χ3n) is 2.57. The van der Waals surface area contributed by atoms with Crippen LogP contribution in [0.15, 0.2) is 45.2 Å². The fourth-order valence-corrected chi connectivity index (χ4v) is 3.17. The van der Waals surface area contributed by atoms with Crippen LogP contribution in [0, 0.1) is 0 Å². The van der Waals surface area contributed by atoms with E-state index in [0.29, 0.717) is 5.65 Å². The van der Waals surface area contributed by atoms with Gasteiger partial charge in [0.1, 0.15) is 16.9 Å². The average molecular weight is 337 g/mol. The van der Waals surface area contributed by atoms with Gasteiger partial charge in [-0.05, 0) is 33.6 Å². The zero-order chi connectivity index (χ0) is 13.2. The fourth-order valence-electron chi connectivity index (χ4n) is 1.65. The van der Waals surface area contributed by atoms with E-state index >= 15 is 0 Å². The van der Waals surface area contributed by atoms with Gasteiger partial charge < -0.3 is 10.1 Å². The Labute approximate surface area is 121 Å². The van der Waals surface area contributed by atoms with Crippen LogP contribution in [0.3, 0.4) is 0 Å². The van der Waals surface area contributed by atoms with Crippen molar-refractivity contribution < 1.29 is 5.11 Å². The molecular formula is C12H9BrN4OS. The van der Waals surface area contributed by atoms with Crippen molar-refractivity contribution in [2.24, 2.45) is 0 Å². The van der Waals surface area contributed by atoms with Crippen molar-refractivity contribution in [2.45, 2.75) is 16.5 Å². The van der Waals surface area contributed by atoms with Crippen LogP contribution >= 0.6 is 27.7 Å². The maximum Gasteiger partial charge on any atom is 0.181 e. The first-order valence-corrected chi connectivity index (χ1v) is 7.10. The molecule has 0 bridgehead atoms. The van der Waals surface area contributed by atoms with Crippen molar-refractivity contribution in [1.29, 1.82) is 0 Å². The summed E-state index contributed by atoms with van der Waals surface area (Å²) in [7, 11) is 0. The summed E-state index contributed by atoms with van der Waals surface area (Å²) in [5.74, 6) is 0. The number of halogens is 1. The van der Waals surface area contributed by atoms with Gasteiger partial charge in [-0.15, -0.1) is 0 Å². The van der Waals surface area contributed by atoms with Gasteiger partial charge in [-0.3, -0.25) is 0 Å². The Balaban J connectivity index is 1.99. The standard InChI is InChI=1S/C12H9BrN4OS/c13-8-3-7(4-18)1-2-9(8)19-12-10-11(15-5-14-10)16-6-17-12/h1-3,5-6,18H,4H2,(H,14,15,16,17). The smallest absolute Gasteiger partial charge is 0.181 e. The van der Waals surface area contributed by atoms with E-state index in [4.69, 9.17) is 5.11 Å². The predicted molar refractivity (Wildman–Crippen MR) is 75.9 cm³/mol. The largest absolute Gasteiger partial charge is 0.392 e. The third-order valence-corrected chi connectivity index (χ3v) is 4.57. The van der Waals surface area contributed by atoms with Crippen molar-refractivity contribution in [3.8, 4) is 0 Å². The number of aliphatic hydroxyl groups excluding tert-OH is 1. The molecular weight excluding hydrogens is 328 g/mol. The first-order chi connectivity index (χ1) is 9.28. The Morgan fingerprint density at radius 3 is 2.95 bits per heavy atom. The Hall–Kier alpha value is -1.44. The van der Waals surface area contributed by atoms with Crippen molar-refractivity contribution >= 4 is 38.9 Å². The van der Waals surface area contributed by atoms with Crippen LogP contribution in [0.5, 0.6) is 0 Å². The summed E-state index contributed by atoms with van der Waals surface area (Å²) >= 11 is 5.02. The van der Waals surface area contributed by atoms with E-state index in [0.717, 1.165) is 25.5 Å². The second-order valence-corrected chi connectivity index (χ2v) is 5.69. The number of aromatic amines is 1. The maximum absolute atomic E-state index is 9.09. The van der Waals surface area contributed by atoms with Crippen molar-refractivity contribution in [3.63, 3.8) is 0 Å². The van der Waals surface area contributed by atoms with Gasteiger partial charge in [0.05, 0.1) is 12.9 Å². The normalized spacial score (nSPS) is 11.1. The predicted octanol–water partition coefficient (Wildman–Crippen LogP) is 2.76. The van der Waals surface area contributed by atoms with Gasteiger partial charge in [-0.25, -0.2) is 15.0 Å². The summed E-state index contributed by atoms with van der Waals surface area (Å²) in [6, 6.07) is 5.73. The SMILES string of the molecule is OCc1ccc(Sc2ncnc3nc[nH]c23)c(Br)c1. The first kappa shape index (κ1) is 12.6. The van der Waals surface area contributed by atoms with Crippen LogP contribution in [-0.4, -0.2) is 25.0 Å². The van der Waals surface area contributed by atoms with Crippen LogP contribution in [-0.2, 0) is 6.61 Å². The molecule has 3 rings (SSSR count). The highest BCUT2D eigenvalue weighted by Gasteiger charge is 2.10. The summed E-state index contributed by atoms with van der Waals surface area (Å²) in [5, 5.41) is 9.91. The minimum Gasteiger partial charge on any atom is -0.392 e. The van der Waals surface area contributed by atoms with E-state index in [-0.39, 0.29) is 6.61 Å². The molecule has 0 atom stereocenters. The number of fused-ring (bicyclic) bond motifs is 1. The van der Waals surface area contributed by atoms with Crippen molar-refractivity contribution in [3.05, 3.63) is 40.9 Å². The molecule has 0 spiro atoms. The Kier molecular flexibility index (Phi) is 3.50. The molecule has 96 valence electrons. The molecule has 3 aromatic rings. The molecule has 0 saturated carbocycles. The Bertz CT molecular complexity index is 731. The molecule has 2 N–H and O–H groups in total. The average Bonchev–Trinajstić information content (AvgIpc) is 2.90. The van der Waals surface area contributed by atoms with Crippen LogP contribution < -0.4 is 0 Å². The van der Waals surface area contributed by atoms with E-state index in [1.807, 2.05) is 18.2 Å². The number of benzene rings is 1. The minimum atomic E-state index is 0.0296. The van der Waals surface area contributed by atoms with Crippen LogP contribution in [0.4, 0.5) is 0 Å². The number of hydrogen-bond acceptors (Lipinski definition) is 5. The number of aromatic nitrogens is 4. The lowest BCUT2D eigenvalue weighted by molar-refractivity contribution is 0.281. The van der Waals surface area contributed by atoms with Crippen LogP contribution in [0.2, 0.25) is 0 Å². The molecule has 1 aromatic carbocycles. The van der Waals surface area contributed by atoms with Gasteiger partial charge in [0.15, 0.2) is 5.65 Å². The van der Waals surface area contributed by atoms with Gasteiger partial charge in [0.25, 0.3) is 0 Å². The second-order valence-electron chi connectivity index (χ2n) is 3.80. The third kappa shape index (κ3) is 2.49. The zero-order valence-electron chi connectivity index (χ0n) is 9.67. The molecule has 2 aromatic heterocycles. The summed E-state index contributed by atoms with van der Waals surface area (Å²) in [6.45, 7) is 0.0296. The van der Waals surface area contributed by atoms with Gasteiger partial charge in [0, 0.05) is 9.37 Å². The molecule has 0 amide bonds. The molecule has 5 nitrogen and oxygen atoms in total. The summed E-state index contributed by atoms with van der Waals surface area (Å²) in [5.41, 5.74) is 2.34. The number of rotatable bonds is 3. The molecule has 2 heterocycles. The van der Waals surface area contributed by atoms with E-state index < -0.39 is 0 Å². The number of hydrogen-bond donors (Lipinski definition) is 2. The molecule has 0 saturated heterocycles. The molecule has 0 unspecified atom stereocenters. The number of aliphatic hydroxyl groups is 1. The van der Waals surface area contributed by atoms with Crippen LogP contribution in [0.25, 0.3) is 11.2 Å². The lowest BCUT2D eigenvalue weighted by Gasteiger charge is -2.05. The number of H-pyrrole nitrogens is 1. The summed E-state index contributed by atoms with van der Waals surface area (Å²) < 4.78 is 0.926. The number of nitrogens with one attached hydrogen (secondary N) is 1. The lowest BCUT2D eigenvalue weighted by atomic mass is 10.2. The van der Waals surface area contributed by atoms with E-state index in [1.54, 1.807) is 6.33 Å². The van der Waals surface area contributed by atoms with E-state index in [1.165, 1.54) is 18.1 Å². The highest BCUT2D eigenvalue weighted by Crippen LogP contribution is 2.35. The van der Waals surface area contributed by atoms with E-state index in [9.17, 15) is 0 Å². The highest BCUT2D eigenvalue weighted by atomic mass is 79.9. The zero-order valence-corrected chi connectivity index (χ0v) is 12.1. The molecule has 0 radical (unpaired) electrons. The van der Waals surface area contributed by atoms with Gasteiger partial charge in [-0.2, -0.15) is 0 Å². The van der Waals surface area contributed by atoms with Crippen molar-refractivity contribution in [1.82, 2.24) is 19.9 Å². The topological polar surface area (TPSA) is 74.7 Å². The Morgan fingerprint density at radius 2 is 2.16 bits per heavy atom. The highest BCUT2D eigenvalue weighted by molar-refractivity contribution is 9.10. The quantitative estimate of drug-likeness (QED) is 0.719. The first-order valence-electron chi connectivity index (χ1n) is 5.49. The molecule has 0 aliphatic carbocycles. The minimum absolute atomic E-state index is 0.0296. The summed E-state index contributed by atoms with van der Waals surface area (Å²) in [6.07, 6.45) is 3.11. The second kappa shape index (κ2) is 5.28. The van der Waals surface area contributed by atoms with Crippen LogP contribution in [0.1, 0.15) is 5.56 Å². The monoisotopic (exact) mass is 336 g/mol. The van der Waals surface area contributed by atoms with Gasteiger partial charge >= 0.3 is 0 Å². The number of nitrogens with zero attached hydrogens (tertiary/aromatic N) is 3. The van der Waals surface area contributed by atoms with Crippen molar-refractivity contribution in [2.75, 3.05) is 0 Å². The molecule has 7 heteroatoms. The molecule has 19 heavy (non-hydrogen) atoms. The fraction of sp³-hybridized carbons (Fsp3) is 0.0833. The molecule has 0 aliphatic rings. The maximum atomic E-state index is 9.09.